The molecule has 1 aliphatic rings. The van der Waals surface area contributed by atoms with E-state index in [9.17, 15) is 4.39 Å². The summed E-state index contributed by atoms with van der Waals surface area (Å²) in [5.41, 5.74) is 1.07. The molecule has 1 aromatic carbocycles. The van der Waals surface area contributed by atoms with Crippen LogP contribution in [0, 0.1) is 11.7 Å². The van der Waals surface area contributed by atoms with Crippen molar-refractivity contribution >= 4 is 0 Å². The molecule has 20 heavy (non-hydrogen) atoms. The van der Waals surface area contributed by atoms with Crippen LogP contribution in [0.1, 0.15) is 50.5 Å². The van der Waals surface area contributed by atoms with Gasteiger partial charge in [-0.25, -0.2) is 4.39 Å². The first-order chi connectivity index (χ1) is 9.79. The van der Waals surface area contributed by atoms with Crippen LogP contribution in [0.4, 0.5) is 4.39 Å². The maximum Gasteiger partial charge on any atom is 0.165 e. The molecule has 0 amide bonds. The molecule has 1 N–H and O–H groups in total. The quantitative estimate of drug-likeness (QED) is 0.752. The summed E-state index contributed by atoms with van der Waals surface area (Å²) in [6, 6.07) is 5.05. The minimum Gasteiger partial charge on any atom is -0.494 e. The van der Waals surface area contributed by atoms with E-state index in [1.807, 2.05) is 6.07 Å². The second-order valence-corrected chi connectivity index (χ2v) is 5.79. The van der Waals surface area contributed by atoms with Gasteiger partial charge in [-0.1, -0.05) is 38.2 Å². The zero-order chi connectivity index (χ0) is 14.2. The highest BCUT2D eigenvalue weighted by Gasteiger charge is 2.12. The monoisotopic (exact) mass is 279 g/mol. The number of ether oxygens (including phenoxy) is 1. The van der Waals surface area contributed by atoms with Crippen LogP contribution in [0.25, 0.3) is 0 Å². The molecule has 112 valence electrons. The molecule has 0 heterocycles. The molecule has 1 fully saturated rings. The number of hydrogen-bond acceptors (Lipinski definition) is 2. The van der Waals surface area contributed by atoms with E-state index in [1.165, 1.54) is 58.1 Å². The fourth-order valence-corrected chi connectivity index (χ4v) is 3.04. The Hall–Kier alpha value is -1.09. The summed E-state index contributed by atoms with van der Waals surface area (Å²) in [5.74, 6) is 0.983. The van der Waals surface area contributed by atoms with Gasteiger partial charge in [0.2, 0.25) is 0 Å². The average Bonchev–Trinajstić information content (AvgIpc) is 2.49. The first kappa shape index (κ1) is 15.3. The summed E-state index contributed by atoms with van der Waals surface area (Å²) >= 11 is 0. The van der Waals surface area contributed by atoms with E-state index in [1.54, 1.807) is 6.07 Å². The maximum atomic E-state index is 13.3. The maximum absolute atomic E-state index is 13.3. The molecule has 1 aromatic rings. The van der Waals surface area contributed by atoms with Gasteiger partial charge in [-0.15, -0.1) is 0 Å². The highest BCUT2D eigenvalue weighted by molar-refractivity contribution is 5.30. The minimum absolute atomic E-state index is 0.298. The van der Waals surface area contributed by atoms with E-state index in [4.69, 9.17) is 4.74 Å². The zero-order valence-electron chi connectivity index (χ0n) is 12.5. The molecule has 2 nitrogen and oxygen atoms in total. The van der Waals surface area contributed by atoms with Crippen LogP contribution in [-0.4, -0.2) is 13.7 Å². The van der Waals surface area contributed by atoms with Gasteiger partial charge in [-0.2, -0.15) is 0 Å². The van der Waals surface area contributed by atoms with Gasteiger partial charge < -0.3 is 10.1 Å². The third-order valence-corrected chi connectivity index (χ3v) is 4.24. The molecule has 0 saturated heterocycles. The smallest absolute Gasteiger partial charge is 0.165 e. The lowest BCUT2D eigenvalue weighted by molar-refractivity contribution is 0.330. The fraction of sp³-hybridized carbons (Fsp3) is 0.647. The lowest BCUT2D eigenvalue weighted by atomic mass is 9.86. The third-order valence-electron chi connectivity index (χ3n) is 4.24. The van der Waals surface area contributed by atoms with E-state index in [0.29, 0.717) is 5.75 Å². The summed E-state index contributed by atoms with van der Waals surface area (Å²) < 4.78 is 18.3. The largest absolute Gasteiger partial charge is 0.494 e. The van der Waals surface area contributed by atoms with Gasteiger partial charge in [0, 0.05) is 6.54 Å². The zero-order valence-corrected chi connectivity index (χ0v) is 12.5. The van der Waals surface area contributed by atoms with Crippen LogP contribution >= 0.6 is 0 Å². The van der Waals surface area contributed by atoms with Gasteiger partial charge in [0.25, 0.3) is 0 Å². The Bertz CT molecular complexity index is 402. The van der Waals surface area contributed by atoms with Gasteiger partial charge in [0.15, 0.2) is 11.6 Å². The minimum atomic E-state index is -0.298. The van der Waals surface area contributed by atoms with E-state index < -0.39 is 0 Å². The van der Waals surface area contributed by atoms with Crippen molar-refractivity contribution in [2.24, 2.45) is 5.92 Å². The number of methoxy groups -OCH3 is 1. The van der Waals surface area contributed by atoms with Crippen molar-refractivity contribution in [2.45, 2.75) is 51.5 Å². The predicted molar refractivity (Wildman–Crippen MR) is 80.5 cm³/mol. The molecule has 1 aliphatic carbocycles. The van der Waals surface area contributed by atoms with Crippen molar-refractivity contribution in [3.63, 3.8) is 0 Å². The van der Waals surface area contributed by atoms with Gasteiger partial charge in [0.05, 0.1) is 7.11 Å². The Morgan fingerprint density at radius 1 is 1.25 bits per heavy atom. The summed E-state index contributed by atoms with van der Waals surface area (Å²) in [6.45, 7) is 1.82. The Kier molecular flexibility index (Phi) is 6.31. The lowest BCUT2D eigenvalue weighted by Crippen LogP contribution is -2.16. The Balaban J connectivity index is 1.63. The van der Waals surface area contributed by atoms with Crippen molar-refractivity contribution in [1.82, 2.24) is 5.32 Å². The van der Waals surface area contributed by atoms with Crippen LogP contribution < -0.4 is 10.1 Å². The molecular formula is C17H26FNO. The normalized spacial score (nSPS) is 16.3. The molecule has 1 saturated carbocycles. The Labute approximate surface area is 121 Å². The summed E-state index contributed by atoms with van der Waals surface area (Å²) in [5, 5.41) is 3.43. The van der Waals surface area contributed by atoms with Gasteiger partial charge in [0.1, 0.15) is 0 Å². The summed E-state index contributed by atoms with van der Waals surface area (Å²) in [4.78, 5) is 0. The van der Waals surface area contributed by atoms with Crippen molar-refractivity contribution < 1.29 is 9.13 Å². The van der Waals surface area contributed by atoms with Crippen LogP contribution in [0.3, 0.4) is 0 Å². The van der Waals surface area contributed by atoms with E-state index in [0.717, 1.165) is 24.6 Å². The number of halogens is 1. The molecule has 0 atom stereocenters. The van der Waals surface area contributed by atoms with Crippen LogP contribution in [0.5, 0.6) is 5.75 Å². The SMILES string of the molecule is COc1cc(CNCCCC2CCCCC2)ccc1F. The van der Waals surface area contributed by atoms with Crippen molar-refractivity contribution in [2.75, 3.05) is 13.7 Å². The fourth-order valence-electron chi connectivity index (χ4n) is 3.04. The van der Waals surface area contributed by atoms with Crippen molar-refractivity contribution in [3.05, 3.63) is 29.6 Å². The van der Waals surface area contributed by atoms with Crippen LogP contribution in [-0.2, 0) is 6.54 Å². The van der Waals surface area contributed by atoms with Crippen molar-refractivity contribution in [3.8, 4) is 5.75 Å². The highest BCUT2D eigenvalue weighted by atomic mass is 19.1. The van der Waals surface area contributed by atoms with Crippen LogP contribution in [0.15, 0.2) is 18.2 Å². The van der Waals surface area contributed by atoms with Gasteiger partial charge in [-0.3, -0.25) is 0 Å². The molecule has 2 rings (SSSR count). The van der Waals surface area contributed by atoms with E-state index >= 15 is 0 Å². The first-order valence-corrected chi connectivity index (χ1v) is 7.82. The molecular weight excluding hydrogens is 253 g/mol. The summed E-state index contributed by atoms with van der Waals surface area (Å²) in [6.07, 6.45) is 9.72. The number of hydrogen-bond donors (Lipinski definition) is 1. The molecule has 0 unspecified atom stereocenters. The number of benzene rings is 1. The average molecular weight is 279 g/mol. The predicted octanol–water partition coefficient (Wildman–Crippen LogP) is 4.28. The van der Waals surface area contributed by atoms with Crippen LogP contribution in [0.2, 0.25) is 0 Å². The number of rotatable bonds is 7. The molecule has 3 heteroatoms. The van der Waals surface area contributed by atoms with Gasteiger partial charge in [-0.05, 0) is 43.0 Å². The third kappa shape index (κ3) is 4.78. The Morgan fingerprint density at radius 2 is 2.05 bits per heavy atom. The summed E-state index contributed by atoms with van der Waals surface area (Å²) in [7, 11) is 1.50. The van der Waals surface area contributed by atoms with Crippen molar-refractivity contribution in [1.29, 1.82) is 0 Å². The molecule has 0 bridgehead atoms. The standard InChI is InChI=1S/C17H26FNO/c1-20-17-12-15(9-10-16(17)18)13-19-11-5-8-14-6-3-2-4-7-14/h9-10,12,14,19H,2-8,11,13H2,1H3. The second kappa shape index (κ2) is 8.25. The number of nitrogens with one attached hydrogen (secondary N) is 1. The molecule has 0 radical (unpaired) electrons. The van der Waals surface area contributed by atoms with E-state index in [-0.39, 0.29) is 5.82 Å². The Morgan fingerprint density at radius 3 is 2.80 bits per heavy atom. The lowest BCUT2D eigenvalue weighted by Gasteiger charge is -2.21. The second-order valence-electron chi connectivity index (χ2n) is 5.79. The molecule has 0 spiro atoms. The molecule has 0 aliphatic heterocycles. The topological polar surface area (TPSA) is 21.3 Å². The van der Waals surface area contributed by atoms with Gasteiger partial charge >= 0.3 is 0 Å². The molecule has 0 aromatic heterocycles. The first-order valence-electron chi connectivity index (χ1n) is 7.82. The van der Waals surface area contributed by atoms with E-state index in [2.05, 4.69) is 5.32 Å². The highest BCUT2D eigenvalue weighted by Crippen LogP contribution is 2.27.